The second-order valence-corrected chi connectivity index (χ2v) is 5.92. The van der Waals surface area contributed by atoms with Gasteiger partial charge < -0.3 is 9.64 Å². The summed E-state index contributed by atoms with van der Waals surface area (Å²) in [6, 6.07) is 10.6. The van der Waals surface area contributed by atoms with E-state index in [2.05, 4.69) is 25.6 Å². The van der Waals surface area contributed by atoms with Crippen molar-refractivity contribution in [2.75, 3.05) is 31.1 Å². The van der Waals surface area contributed by atoms with E-state index in [4.69, 9.17) is 0 Å². The zero-order valence-corrected chi connectivity index (χ0v) is 13.7. The van der Waals surface area contributed by atoms with Gasteiger partial charge in [-0.2, -0.15) is 4.39 Å². The first-order valence-electron chi connectivity index (χ1n) is 8.17. The van der Waals surface area contributed by atoms with E-state index in [0.29, 0.717) is 0 Å². The monoisotopic (exact) mass is 351 g/mol. The second-order valence-electron chi connectivity index (χ2n) is 5.92. The standard InChI is InChI=1S/C18H20F3N3O/c19-17(20)18(21)25-16-5-3-14(4-6-16)13-23-8-10-24(11-9-23)15-2-1-7-22-12-15/h1-7,12,17-18H,8-11,13H2. The molecule has 1 aromatic carbocycles. The number of pyridine rings is 1. The van der Waals surface area contributed by atoms with Gasteiger partial charge in [0.15, 0.2) is 0 Å². The predicted molar refractivity (Wildman–Crippen MR) is 89.7 cm³/mol. The summed E-state index contributed by atoms with van der Waals surface area (Å²) in [5.41, 5.74) is 2.16. The molecule has 1 aromatic heterocycles. The van der Waals surface area contributed by atoms with E-state index >= 15 is 0 Å². The number of halogens is 3. The molecule has 0 N–H and O–H groups in total. The maximum atomic E-state index is 12.9. The van der Waals surface area contributed by atoms with Crippen LogP contribution in [0.5, 0.6) is 5.75 Å². The molecule has 0 aliphatic carbocycles. The van der Waals surface area contributed by atoms with E-state index in [1.807, 2.05) is 12.3 Å². The van der Waals surface area contributed by atoms with Gasteiger partial charge in [0.1, 0.15) is 5.75 Å². The average Bonchev–Trinajstić information content (AvgIpc) is 2.64. The molecule has 134 valence electrons. The van der Waals surface area contributed by atoms with Crippen LogP contribution in [0.2, 0.25) is 0 Å². The van der Waals surface area contributed by atoms with Crippen molar-refractivity contribution < 1.29 is 17.9 Å². The molecule has 0 spiro atoms. The number of hydrogen-bond acceptors (Lipinski definition) is 4. The number of nitrogens with zero attached hydrogens (tertiary/aromatic N) is 3. The predicted octanol–water partition coefficient (Wildman–Crippen LogP) is 3.34. The molecule has 0 radical (unpaired) electrons. The summed E-state index contributed by atoms with van der Waals surface area (Å²) in [6.07, 6.45) is -2.10. The molecule has 7 heteroatoms. The van der Waals surface area contributed by atoms with Crippen LogP contribution in [-0.2, 0) is 6.54 Å². The van der Waals surface area contributed by atoms with Crippen LogP contribution in [0.25, 0.3) is 0 Å². The second kappa shape index (κ2) is 8.20. The lowest BCUT2D eigenvalue weighted by Crippen LogP contribution is -2.45. The lowest BCUT2D eigenvalue weighted by Gasteiger charge is -2.35. The van der Waals surface area contributed by atoms with E-state index in [0.717, 1.165) is 44.0 Å². The SMILES string of the molecule is FC(F)C(F)Oc1ccc(CN2CCN(c3cccnc3)CC2)cc1. The highest BCUT2D eigenvalue weighted by molar-refractivity contribution is 5.44. The molecule has 25 heavy (non-hydrogen) atoms. The van der Waals surface area contributed by atoms with Gasteiger partial charge in [-0.3, -0.25) is 9.88 Å². The molecular weight excluding hydrogens is 331 g/mol. The van der Waals surface area contributed by atoms with E-state index < -0.39 is 12.8 Å². The first-order chi connectivity index (χ1) is 12.1. The van der Waals surface area contributed by atoms with Crippen LogP contribution < -0.4 is 9.64 Å². The van der Waals surface area contributed by atoms with Crippen molar-refractivity contribution in [2.24, 2.45) is 0 Å². The van der Waals surface area contributed by atoms with Crippen LogP contribution in [0.3, 0.4) is 0 Å². The summed E-state index contributed by atoms with van der Waals surface area (Å²) < 4.78 is 41.7. The third-order valence-corrected chi connectivity index (χ3v) is 4.16. The number of hydrogen-bond donors (Lipinski definition) is 0. The minimum absolute atomic E-state index is 0.109. The van der Waals surface area contributed by atoms with E-state index in [-0.39, 0.29) is 5.75 Å². The molecule has 2 heterocycles. The summed E-state index contributed by atoms with van der Waals surface area (Å²) >= 11 is 0. The molecule has 1 fully saturated rings. The molecule has 3 rings (SSSR count). The molecule has 2 aromatic rings. The van der Waals surface area contributed by atoms with Crippen LogP contribution in [0, 0.1) is 0 Å². The van der Waals surface area contributed by atoms with Crippen LogP contribution >= 0.6 is 0 Å². The lowest BCUT2D eigenvalue weighted by atomic mass is 10.2. The van der Waals surface area contributed by atoms with Gasteiger partial charge in [-0.1, -0.05) is 12.1 Å². The quantitative estimate of drug-likeness (QED) is 0.798. The van der Waals surface area contributed by atoms with Crippen LogP contribution in [0.15, 0.2) is 48.8 Å². The Bertz CT molecular complexity index is 646. The Morgan fingerprint density at radius 3 is 2.32 bits per heavy atom. The first kappa shape index (κ1) is 17.5. The van der Waals surface area contributed by atoms with Crippen molar-refractivity contribution in [3.05, 3.63) is 54.4 Å². The Hall–Kier alpha value is -2.28. The highest BCUT2D eigenvalue weighted by atomic mass is 19.3. The zero-order chi connectivity index (χ0) is 17.6. The van der Waals surface area contributed by atoms with Gasteiger partial charge in [-0.15, -0.1) is 0 Å². The molecular formula is C18H20F3N3O. The highest BCUT2D eigenvalue weighted by Crippen LogP contribution is 2.19. The Kier molecular flexibility index (Phi) is 5.75. The fourth-order valence-electron chi connectivity index (χ4n) is 2.82. The van der Waals surface area contributed by atoms with Gasteiger partial charge in [-0.05, 0) is 29.8 Å². The molecule has 1 unspecified atom stereocenters. The third-order valence-electron chi connectivity index (χ3n) is 4.16. The van der Waals surface area contributed by atoms with Crippen LogP contribution in [0.1, 0.15) is 5.56 Å². The van der Waals surface area contributed by atoms with Crippen molar-refractivity contribution in [3.63, 3.8) is 0 Å². The molecule has 1 aliphatic heterocycles. The Labute approximate surface area is 144 Å². The Balaban J connectivity index is 1.49. The molecule has 4 nitrogen and oxygen atoms in total. The van der Waals surface area contributed by atoms with Crippen molar-refractivity contribution in [1.29, 1.82) is 0 Å². The number of ether oxygens (including phenoxy) is 1. The van der Waals surface area contributed by atoms with Gasteiger partial charge in [0.25, 0.3) is 6.36 Å². The molecule has 0 saturated carbocycles. The number of piperazine rings is 1. The summed E-state index contributed by atoms with van der Waals surface area (Å²) in [4.78, 5) is 8.76. The van der Waals surface area contributed by atoms with Crippen molar-refractivity contribution in [2.45, 2.75) is 19.3 Å². The average molecular weight is 351 g/mol. The van der Waals surface area contributed by atoms with Crippen molar-refractivity contribution >= 4 is 5.69 Å². The Morgan fingerprint density at radius 2 is 1.72 bits per heavy atom. The van der Waals surface area contributed by atoms with E-state index in [9.17, 15) is 13.2 Å². The third kappa shape index (κ3) is 4.85. The van der Waals surface area contributed by atoms with Gasteiger partial charge in [-0.25, -0.2) is 8.78 Å². The van der Waals surface area contributed by atoms with Crippen LogP contribution in [-0.4, -0.2) is 48.8 Å². The highest BCUT2D eigenvalue weighted by Gasteiger charge is 2.21. The van der Waals surface area contributed by atoms with Crippen molar-refractivity contribution in [1.82, 2.24) is 9.88 Å². The zero-order valence-electron chi connectivity index (χ0n) is 13.7. The van der Waals surface area contributed by atoms with Crippen LogP contribution in [0.4, 0.5) is 18.9 Å². The molecule has 0 amide bonds. The number of anilines is 1. The fourth-order valence-corrected chi connectivity index (χ4v) is 2.82. The summed E-state index contributed by atoms with van der Waals surface area (Å²) in [6.45, 7) is 4.45. The fraction of sp³-hybridized carbons (Fsp3) is 0.389. The van der Waals surface area contributed by atoms with Gasteiger partial charge in [0.05, 0.1) is 11.9 Å². The molecule has 1 saturated heterocycles. The normalized spacial score (nSPS) is 16.9. The first-order valence-corrected chi connectivity index (χ1v) is 8.17. The topological polar surface area (TPSA) is 28.6 Å². The summed E-state index contributed by atoms with van der Waals surface area (Å²) in [5.74, 6) is 0.109. The van der Waals surface area contributed by atoms with E-state index in [1.54, 1.807) is 18.3 Å². The van der Waals surface area contributed by atoms with Crippen molar-refractivity contribution in [3.8, 4) is 5.75 Å². The number of benzene rings is 1. The number of alkyl halides is 3. The molecule has 1 aliphatic rings. The van der Waals surface area contributed by atoms with Gasteiger partial charge in [0.2, 0.25) is 0 Å². The van der Waals surface area contributed by atoms with Gasteiger partial charge in [0, 0.05) is 38.9 Å². The summed E-state index contributed by atoms with van der Waals surface area (Å²) in [7, 11) is 0. The van der Waals surface area contributed by atoms with Gasteiger partial charge >= 0.3 is 6.43 Å². The number of rotatable bonds is 6. The minimum Gasteiger partial charge on any atom is -0.454 e. The minimum atomic E-state index is -3.14. The molecule has 0 bridgehead atoms. The lowest BCUT2D eigenvalue weighted by molar-refractivity contribution is -0.0669. The largest absolute Gasteiger partial charge is 0.454 e. The smallest absolute Gasteiger partial charge is 0.304 e. The number of aromatic nitrogens is 1. The maximum Gasteiger partial charge on any atom is 0.304 e. The maximum absolute atomic E-state index is 12.9. The van der Waals surface area contributed by atoms with E-state index in [1.165, 1.54) is 12.1 Å². The summed E-state index contributed by atoms with van der Waals surface area (Å²) in [5, 5.41) is 0. The Morgan fingerprint density at radius 1 is 1.00 bits per heavy atom. The molecule has 1 atom stereocenters.